The highest BCUT2D eigenvalue weighted by Gasteiger charge is 2.12. The maximum atomic E-state index is 11.9. The monoisotopic (exact) mass is 314 g/mol. The van der Waals surface area contributed by atoms with E-state index in [4.69, 9.17) is 0 Å². The van der Waals surface area contributed by atoms with Gasteiger partial charge in [0.25, 0.3) is 5.91 Å². The molecule has 2 N–H and O–H groups in total. The van der Waals surface area contributed by atoms with Crippen LogP contribution in [0.2, 0.25) is 0 Å². The Labute approximate surface area is 135 Å². The van der Waals surface area contributed by atoms with Crippen LogP contribution in [0.15, 0.2) is 30.3 Å². The first kappa shape index (κ1) is 16.7. The molecule has 0 saturated heterocycles. The number of carbonyl (C=O) groups excluding carboxylic acids is 2. The molecule has 6 heteroatoms. The molecule has 1 aromatic heterocycles. The maximum Gasteiger partial charge on any atom is 0.272 e. The van der Waals surface area contributed by atoms with Gasteiger partial charge in [-0.25, -0.2) is 0 Å². The lowest BCUT2D eigenvalue weighted by atomic mass is 10.0. The van der Waals surface area contributed by atoms with E-state index in [0.717, 1.165) is 5.69 Å². The van der Waals surface area contributed by atoms with E-state index in [1.54, 1.807) is 17.8 Å². The molecule has 2 aromatic rings. The summed E-state index contributed by atoms with van der Waals surface area (Å²) in [5.74, 6) is -0.192. The van der Waals surface area contributed by atoms with Gasteiger partial charge >= 0.3 is 0 Å². The van der Waals surface area contributed by atoms with Crippen LogP contribution in [0.25, 0.3) is 0 Å². The SMILES string of the molecule is Cc1cc(C(=O)NCC(=O)Nc2ccc(C(C)C)cc2)nn1C. The Morgan fingerprint density at radius 3 is 2.39 bits per heavy atom. The van der Waals surface area contributed by atoms with Gasteiger partial charge in [-0.15, -0.1) is 0 Å². The summed E-state index contributed by atoms with van der Waals surface area (Å²) in [6, 6.07) is 9.36. The minimum atomic E-state index is -0.362. The molecule has 122 valence electrons. The number of nitrogens with one attached hydrogen (secondary N) is 2. The van der Waals surface area contributed by atoms with Crippen LogP contribution < -0.4 is 10.6 Å². The molecule has 0 spiro atoms. The number of anilines is 1. The van der Waals surface area contributed by atoms with Crippen LogP contribution in [-0.4, -0.2) is 28.1 Å². The van der Waals surface area contributed by atoms with Crippen molar-refractivity contribution in [3.8, 4) is 0 Å². The molecule has 0 saturated carbocycles. The predicted molar refractivity (Wildman–Crippen MR) is 89.4 cm³/mol. The smallest absolute Gasteiger partial charge is 0.272 e. The van der Waals surface area contributed by atoms with E-state index in [1.165, 1.54) is 5.56 Å². The summed E-state index contributed by atoms with van der Waals surface area (Å²) in [5, 5.41) is 9.39. The van der Waals surface area contributed by atoms with Gasteiger partial charge in [-0.1, -0.05) is 26.0 Å². The predicted octanol–water partition coefficient (Wildman–Crippen LogP) is 2.22. The van der Waals surface area contributed by atoms with Gasteiger partial charge in [0.15, 0.2) is 0 Å². The van der Waals surface area contributed by atoms with Crippen molar-refractivity contribution in [2.45, 2.75) is 26.7 Å². The van der Waals surface area contributed by atoms with Gasteiger partial charge in [0, 0.05) is 18.4 Å². The van der Waals surface area contributed by atoms with E-state index < -0.39 is 0 Å². The van der Waals surface area contributed by atoms with Gasteiger partial charge < -0.3 is 10.6 Å². The van der Waals surface area contributed by atoms with Crippen molar-refractivity contribution in [1.82, 2.24) is 15.1 Å². The molecule has 1 heterocycles. The Morgan fingerprint density at radius 1 is 1.22 bits per heavy atom. The van der Waals surface area contributed by atoms with Crippen molar-refractivity contribution in [3.63, 3.8) is 0 Å². The van der Waals surface area contributed by atoms with Crippen LogP contribution in [-0.2, 0) is 11.8 Å². The number of hydrogen-bond acceptors (Lipinski definition) is 3. The van der Waals surface area contributed by atoms with Crippen molar-refractivity contribution < 1.29 is 9.59 Å². The number of hydrogen-bond donors (Lipinski definition) is 2. The Hall–Kier alpha value is -2.63. The number of benzene rings is 1. The minimum absolute atomic E-state index is 0.0968. The lowest BCUT2D eigenvalue weighted by molar-refractivity contribution is -0.115. The molecular formula is C17H22N4O2. The van der Waals surface area contributed by atoms with Crippen LogP contribution in [0, 0.1) is 6.92 Å². The summed E-state index contributed by atoms with van der Waals surface area (Å²) in [6.07, 6.45) is 0. The first-order chi connectivity index (χ1) is 10.9. The van der Waals surface area contributed by atoms with Crippen LogP contribution in [0.5, 0.6) is 0 Å². The molecule has 0 aliphatic heterocycles. The summed E-state index contributed by atoms with van der Waals surface area (Å²) in [7, 11) is 1.76. The minimum Gasteiger partial charge on any atom is -0.342 e. The number of carbonyl (C=O) groups is 2. The van der Waals surface area contributed by atoms with E-state index in [0.29, 0.717) is 17.3 Å². The maximum absolute atomic E-state index is 11.9. The third kappa shape index (κ3) is 4.42. The first-order valence-electron chi connectivity index (χ1n) is 7.55. The standard InChI is InChI=1S/C17H22N4O2/c1-11(2)13-5-7-14(8-6-13)19-16(22)10-18-17(23)15-9-12(3)21(4)20-15/h5-9,11H,10H2,1-4H3,(H,18,23)(H,19,22). The summed E-state index contributed by atoms with van der Waals surface area (Å²) in [6.45, 7) is 5.99. The van der Waals surface area contributed by atoms with Gasteiger partial charge in [0.1, 0.15) is 5.69 Å². The van der Waals surface area contributed by atoms with E-state index in [2.05, 4.69) is 29.6 Å². The second-order valence-electron chi connectivity index (χ2n) is 5.80. The topological polar surface area (TPSA) is 76.0 Å². The first-order valence-corrected chi connectivity index (χ1v) is 7.55. The fraction of sp³-hybridized carbons (Fsp3) is 0.353. The summed E-state index contributed by atoms with van der Waals surface area (Å²) in [4.78, 5) is 23.8. The van der Waals surface area contributed by atoms with Crippen LogP contribution in [0.4, 0.5) is 5.69 Å². The van der Waals surface area contributed by atoms with Gasteiger partial charge in [0.2, 0.25) is 5.91 Å². The molecule has 0 aliphatic rings. The van der Waals surface area contributed by atoms with Gasteiger partial charge in [-0.2, -0.15) is 5.10 Å². The third-order valence-electron chi connectivity index (χ3n) is 3.62. The lowest BCUT2D eigenvalue weighted by Gasteiger charge is -2.08. The van der Waals surface area contributed by atoms with E-state index in [-0.39, 0.29) is 18.4 Å². The van der Waals surface area contributed by atoms with Crippen LogP contribution in [0.3, 0.4) is 0 Å². The van der Waals surface area contributed by atoms with E-state index in [1.807, 2.05) is 31.2 Å². The fourth-order valence-electron chi connectivity index (χ4n) is 2.08. The molecule has 0 atom stereocenters. The number of rotatable bonds is 5. The quantitative estimate of drug-likeness (QED) is 0.888. The van der Waals surface area contributed by atoms with Gasteiger partial charge in [-0.05, 0) is 36.6 Å². The average Bonchev–Trinajstić information content (AvgIpc) is 2.85. The van der Waals surface area contributed by atoms with Crippen LogP contribution >= 0.6 is 0 Å². The second kappa shape index (κ2) is 7.09. The molecule has 0 unspecified atom stereocenters. The Balaban J connectivity index is 1.86. The largest absolute Gasteiger partial charge is 0.342 e. The highest BCUT2D eigenvalue weighted by atomic mass is 16.2. The van der Waals surface area contributed by atoms with E-state index >= 15 is 0 Å². The molecule has 2 amide bonds. The second-order valence-corrected chi connectivity index (χ2v) is 5.80. The number of nitrogens with zero attached hydrogens (tertiary/aromatic N) is 2. The number of aryl methyl sites for hydroxylation is 2. The zero-order valence-electron chi connectivity index (χ0n) is 13.9. The third-order valence-corrected chi connectivity index (χ3v) is 3.62. The molecule has 0 fully saturated rings. The average molecular weight is 314 g/mol. The molecule has 23 heavy (non-hydrogen) atoms. The van der Waals surface area contributed by atoms with Crippen molar-refractivity contribution in [2.24, 2.45) is 7.05 Å². The summed E-state index contributed by atoms with van der Waals surface area (Å²) in [5.41, 5.74) is 3.10. The number of amides is 2. The van der Waals surface area contributed by atoms with E-state index in [9.17, 15) is 9.59 Å². The molecule has 6 nitrogen and oxygen atoms in total. The molecule has 0 bridgehead atoms. The molecule has 1 aromatic carbocycles. The zero-order chi connectivity index (χ0) is 17.0. The Kier molecular flexibility index (Phi) is 5.16. The molecular weight excluding hydrogens is 292 g/mol. The molecule has 2 rings (SSSR count). The van der Waals surface area contributed by atoms with Crippen molar-refractivity contribution in [2.75, 3.05) is 11.9 Å². The molecule has 0 aliphatic carbocycles. The highest BCUT2D eigenvalue weighted by Crippen LogP contribution is 2.16. The number of aromatic nitrogens is 2. The van der Waals surface area contributed by atoms with Crippen molar-refractivity contribution in [3.05, 3.63) is 47.3 Å². The highest BCUT2D eigenvalue weighted by molar-refractivity contribution is 5.98. The fourth-order valence-corrected chi connectivity index (χ4v) is 2.08. The van der Waals surface area contributed by atoms with Crippen LogP contribution in [0.1, 0.15) is 41.5 Å². The summed E-state index contributed by atoms with van der Waals surface area (Å²) < 4.78 is 1.62. The summed E-state index contributed by atoms with van der Waals surface area (Å²) >= 11 is 0. The Morgan fingerprint density at radius 2 is 1.87 bits per heavy atom. The van der Waals surface area contributed by atoms with Crippen molar-refractivity contribution >= 4 is 17.5 Å². The molecule has 0 radical (unpaired) electrons. The zero-order valence-corrected chi connectivity index (χ0v) is 13.9. The normalized spacial score (nSPS) is 10.7. The van der Waals surface area contributed by atoms with Crippen molar-refractivity contribution in [1.29, 1.82) is 0 Å². The van der Waals surface area contributed by atoms with Gasteiger partial charge in [-0.3, -0.25) is 14.3 Å². The Bertz CT molecular complexity index is 682. The van der Waals surface area contributed by atoms with Gasteiger partial charge in [0.05, 0.1) is 6.54 Å². The lowest BCUT2D eigenvalue weighted by Crippen LogP contribution is -2.33.